The Kier molecular flexibility index (Phi) is 3.68. The Labute approximate surface area is 143 Å². The number of imidazole rings is 1. The SMILES string of the molecule is CCOC(=O)C1C(=O)Nc2nc3ccccc3n2C1c1ccncc1. The number of carbonyl (C=O) groups is 2. The van der Waals surface area contributed by atoms with Crippen LogP contribution in [0.4, 0.5) is 5.95 Å². The average molecular weight is 336 g/mol. The van der Waals surface area contributed by atoms with Crippen molar-refractivity contribution in [3.8, 4) is 0 Å². The van der Waals surface area contributed by atoms with E-state index in [0.29, 0.717) is 5.95 Å². The van der Waals surface area contributed by atoms with E-state index in [1.54, 1.807) is 31.5 Å². The molecule has 0 saturated heterocycles. The van der Waals surface area contributed by atoms with Crippen LogP contribution < -0.4 is 5.32 Å². The van der Waals surface area contributed by atoms with Crippen LogP contribution in [0.15, 0.2) is 48.8 Å². The molecule has 1 amide bonds. The molecule has 3 heterocycles. The number of rotatable bonds is 3. The molecule has 2 unspecified atom stereocenters. The van der Waals surface area contributed by atoms with Gasteiger partial charge in [0.1, 0.15) is 0 Å². The Hall–Kier alpha value is -3.22. The number of nitrogens with one attached hydrogen (secondary N) is 1. The van der Waals surface area contributed by atoms with Gasteiger partial charge in [0.25, 0.3) is 0 Å². The quantitative estimate of drug-likeness (QED) is 0.585. The van der Waals surface area contributed by atoms with Crippen LogP contribution in [0.5, 0.6) is 0 Å². The number of fused-ring (bicyclic) bond motifs is 3. The van der Waals surface area contributed by atoms with Gasteiger partial charge in [-0.15, -0.1) is 0 Å². The zero-order valence-electron chi connectivity index (χ0n) is 13.5. The fourth-order valence-corrected chi connectivity index (χ4v) is 3.26. The molecule has 1 N–H and O–H groups in total. The van der Waals surface area contributed by atoms with Crippen LogP contribution >= 0.6 is 0 Å². The third kappa shape index (κ3) is 2.44. The Balaban J connectivity index is 1.96. The molecule has 2 atom stereocenters. The molecule has 0 spiro atoms. The van der Waals surface area contributed by atoms with E-state index >= 15 is 0 Å². The van der Waals surface area contributed by atoms with Crippen molar-refractivity contribution in [3.63, 3.8) is 0 Å². The lowest BCUT2D eigenvalue weighted by Gasteiger charge is -2.32. The number of pyridine rings is 1. The summed E-state index contributed by atoms with van der Waals surface area (Å²) >= 11 is 0. The maximum Gasteiger partial charge on any atom is 0.321 e. The molecule has 0 bridgehead atoms. The highest BCUT2D eigenvalue weighted by molar-refractivity contribution is 6.07. The molecule has 126 valence electrons. The van der Waals surface area contributed by atoms with Gasteiger partial charge in [-0.3, -0.25) is 19.9 Å². The number of benzene rings is 1. The van der Waals surface area contributed by atoms with E-state index in [0.717, 1.165) is 16.6 Å². The van der Waals surface area contributed by atoms with Crippen molar-refractivity contribution in [2.75, 3.05) is 11.9 Å². The standard InChI is InChI=1S/C18H16N4O3/c1-2-25-17(24)14-15(11-7-9-19-10-8-11)22-13-6-4-3-5-12(13)20-18(22)21-16(14)23/h3-10,14-15H,2H2,1H3,(H,20,21,23). The molecule has 4 rings (SSSR count). The molecule has 2 aromatic heterocycles. The highest BCUT2D eigenvalue weighted by Crippen LogP contribution is 2.38. The summed E-state index contributed by atoms with van der Waals surface area (Å²) in [5, 5.41) is 2.73. The van der Waals surface area contributed by atoms with Crippen LogP contribution in [-0.4, -0.2) is 33.0 Å². The molecule has 0 fully saturated rings. The summed E-state index contributed by atoms with van der Waals surface area (Å²) in [6.45, 7) is 1.93. The number of esters is 1. The van der Waals surface area contributed by atoms with E-state index < -0.39 is 23.8 Å². The van der Waals surface area contributed by atoms with Crippen molar-refractivity contribution in [3.05, 3.63) is 54.4 Å². The van der Waals surface area contributed by atoms with Crippen LogP contribution in [0, 0.1) is 5.92 Å². The third-order valence-electron chi connectivity index (χ3n) is 4.30. The number of anilines is 1. The van der Waals surface area contributed by atoms with E-state index in [1.165, 1.54) is 0 Å². The molecule has 7 nitrogen and oxygen atoms in total. The number of para-hydroxylation sites is 2. The summed E-state index contributed by atoms with van der Waals surface area (Å²) < 4.78 is 7.04. The maximum absolute atomic E-state index is 12.7. The van der Waals surface area contributed by atoms with E-state index in [4.69, 9.17) is 4.74 Å². The Morgan fingerprint density at radius 1 is 1.24 bits per heavy atom. The van der Waals surface area contributed by atoms with Crippen molar-refractivity contribution in [1.82, 2.24) is 14.5 Å². The van der Waals surface area contributed by atoms with Crippen LogP contribution in [0.2, 0.25) is 0 Å². The smallest absolute Gasteiger partial charge is 0.321 e. The molecular formula is C18H16N4O3. The second-order valence-corrected chi connectivity index (χ2v) is 5.74. The minimum Gasteiger partial charge on any atom is -0.465 e. The largest absolute Gasteiger partial charge is 0.465 e. The van der Waals surface area contributed by atoms with Gasteiger partial charge in [0.2, 0.25) is 11.9 Å². The van der Waals surface area contributed by atoms with Gasteiger partial charge in [0.05, 0.1) is 23.7 Å². The summed E-state index contributed by atoms with van der Waals surface area (Å²) in [5.41, 5.74) is 2.39. The molecule has 0 aliphatic carbocycles. The van der Waals surface area contributed by atoms with Crippen LogP contribution in [0.1, 0.15) is 18.5 Å². The predicted octanol–water partition coefficient (Wildman–Crippen LogP) is 2.15. The van der Waals surface area contributed by atoms with Crippen LogP contribution in [0.3, 0.4) is 0 Å². The molecule has 25 heavy (non-hydrogen) atoms. The molecule has 1 aromatic carbocycles. The van der Waals surface area contributed by atoms with Gasteiger partial charge in [0.15, 0.2) is 5.92 Å². The number of carbonyl (C=O) groups excluding carboxylic acids is 2. The molecule has 1 aliphatic rings. The monoisotopic (exact) mass is 336 g/mol. The second-order valence-electron chi connectivity index (χ2n) is 5.74. The number of nitrogens with zero attached hydrogens (tertiary/aromatic N) is 3. The van der Waals surface area contributed by atoms with E-state index in [1.807, 2.05) is 28.8 Å². The van der Waals surface area contributed by atoms with Crippen molar-refractivity contribution >= 4 is 28.9 Å². The Morgan fingerprint density at radius 3 is 2.76 bits per heavy atom. The lowest BCUT2D eigenvalue weighted by Crippen LogP contribution is -2.43. The zero-order valence-corrected chi connectivity index (χ0v) is 13.5. The van der Waals surface area contributed by atoms with Gasteiger partial charge in [-0.2, -0.15) is 0 Å². The number of ether oxygens (including phenoxy) is 1. The molecule has 7 heteroatoms. The number of amides is 1. The van der Waals surface area contributed by atoms with E-state index in [2.05, 4.69) is 15.3 Å². The molecule has 1 aliphatic heterocycles. The zero-order chi connectivity index (χ0) is 17.4. The maximum atomic E-state index is 12.7. The minimum atomic E-state index is -0.993. The first-order valence-corrected chi connectivity index (χ1v) is 8.05. The van der Waals surface area contributed by atoms with Crippen LogP contribution in [0.25, 0.3) is 11.0 Å². The van der Waals surface area contributed by atoms with Gasteiger partial charge in [-0.25, -0.2) is 4.98 Å². The molecule has 3 aromatic rings. The highest BCUT2D eigenvalue weighted by atomic mass is 16.5. The van der Waals surface area contributed by atoms with Gasteiger partial charge in [0, 0.05) is 12.4 Å². The van der Waals surface area contributed by atoms with Gasteiger partial charge < -0.3 is 9.30 Å². The van der Waals surface area contributed by atoms with Crippen molar-refractivity contribution in [2.45, 2.75) is 13.0 Å². The predicted molar refractivity (Wildman–Crippen MR) is 90.9 cm³/mol. The van der Waals surface area contributed by atoms with E-state index in [-0.39, 0.29) is 6.61 Å². The lowest BCUT2D eigenvalue weighted by atomic mass is 9.91. The summed E-state index contributed by atoms with van der Waals surface area (Å²) in [6.07, 6.45) is 3.28. The first-order chi connectivity index (χ1) is 12.2. The normalized spacial score (nSPS) is 19.3. The molecule has 0 saturated carbocycles. The first-order valence-electron chi connectivity index (χ1n) is 8.05. The number of aromatic nitrogens is 3. The summed E-state index contributed by atoms with van der Waals surface area (Å²) in [5.74, 6) is -1.53. The second kappa shape index (κ2) is 6.01. The lowest BCUT2D eigenvalue weighted by molar-refractivity contribution is -0.152. The average Bonchev–Trinajstić information content (AvgIpc) is 2.99. The highest BCUT2D eigenvalue weighted by Gasteiger charge is 2.44. The number of hydrogen-bond acceptors (Lipinski definition) is 5. The van der Waals surface area contributed by atoms with Crippen LogP contribution in [-0.2, 0) is 14.3 Å². The fourth-order valence-electron chi connectivity index (χ4n) is 3.26. The third-order valence-corrected chi connectivity index (χ3v) is 4.30. The van der Waals surface area contributed by atoms with Crippen molar-refractivity contribution in [2.24, 2.45) is 5.92 Å². The number of hydrogen-bond donors (Lipinski definition) is 1. The minimum absolute atomic E-state index is 0.212. The van der Waals surface area contributed by atoms with Crippen molar-refractivity contribution < 1.29 is 14.3 Å². The van der Waals surface area contributed by atoms with Gasteiger partial charge in [-0.05, 0) is 36.8 Å². The first kappa shape index (κ1) is 15.3. The Morgan fingerprint density at radius 2 is 2.00 bits per heavy atom. The molecular weight excluding hydrogens is 320 g/mol. The van der Waals surface area contributed by atoms with Gasteiger partial charge >= 0.3 is 5.97 Å². The summed E-state index contributed by atoms with van der Waals surface area (Å²) in [7, 11) is 0. The molecule has 0 radical (unpaired) electrons. The summed E-state index contributed by atoms with van der Waals surface area (Å²) in [4.78, 5) is 33.7. The Bertz CT molecular complexity index is 951. The van der Waals surface area contributed by atoms with E-state index in [9.17, 15) is 9.59 Å². The fraction of sp³-hybridized carbons (Fsp3) is 0.222. The van der Waals surface area contributed by atoms with Crippen molar-refractivity contribution in [1.29, 1.82) is 0 Å². The van der Waals surface area contributed by atoms with Gasteiger partial charge in [-0.1, -0.05) is 12.1 Å². The topological polar surface area (TPSA) is 86.1 Å². The summed E-state index contributed by atoms with van der Waals surface area (Å²) in [6, 6.07) is 10.6.